The molecule has 23 heavy (non-hydrogen) atoms. The van der Waals surface area contributed by atoms with Gasteiger partial charge in [0.25, 0.3) is 0 Å². The quantitative estimate of drug-likeness (QED) is 0.564. The third-order valence-corrected chi connectivity index (χ3v) is 5.12. The van der Waals surface area contributed by atoms with Crippen LogP contribution >= 0.6 is 31.9 Å². The summed E-state index contributed by atoms with van der Waals surface area (Å²) in [6, 6.07) is 14.4. The second-order valence-corrected chi connectivity index (χ2v) is 7.96. The molecule has 0 saturated heterocycles. The highest BCUT2D eigenvalue weighted by Crippen LogP contribution is 2.35. The van der Waals surface area contributed by atoms with E-state index in [0.29, 0.717) is 6.61 Å². The first-order chi connectivity index (χ1) is 10.9. The molecule has 0 aliphatic heterocycles. The zero-order valence-corrected chi connectivity index (χ0v) is 17.0. The maximum atomic E-state index is 5.96. The minimum atomic E-state index is 0.140. The molecule has 0 atom stereocenters. The average Bonchev–Trinajstić information content (AvgIpc) is 2.53. The lowest BCUT2D eigenvalue weighted by molar-refractivity contribution is 0.302. The summed E-state index contributed by atoms with van der Waals surface area (Å²) in [7, 11) is 0. The van der Waals surface area contributed by atoms with Gasteiger partial charge in [0, 0.05) is 12.1 Å². The maximum absolute atomic E-state index is 5.96. The smallest absolute Gasteiger partial charge is 0.148 e. The van der Waals surface area contributed by atoms with Crippen LogP contribution in [0.1, 0.15) is 38.3 Å². The van der Waals surface area contributed by atoms with Gasteiger partial charge in [-0.25, -0.2) is 0 Å². The summed E-state index contributed by atoms with van der Waals surface area (Å²) in [5.74, 6) is 0.840. The van der Waals surface area contributed by atoms with Crippen molar-refractivity contribution in [3.8, 4) is 5.75 Å². The first kappa shape index (κ1) is 18.5. The topological polar surface area (TPSA) is 21.3 Å². The first-order valence-electron chi connectivity index (χ1n) is 7.81. The molecule has 0 fully saturated rings. The molecule has 0 radical (unpaired) electrons. The third-order valence-electron chi connectivity index (χ3n) is 3.94. The van der Waals surface area contributed by atoms with Gasteiger partial charge in [0.05, 0.1) is 8.95 Å². The zero-order chi connectivity index (χ0) is 16.9. The zero-order valence-electron chi connectivity index (χ0n) is 13.8. The number of nitrogens with one attached hydrogen (secondary N) is 1. The van der Waals surface area contributed by atoms with Gasteiger partial charge in [0.1, 0.15) is 12.4 Å². The minimum Gasteiger partial charge on any atom is -0.487 e. The number of ether oxygens (including phenoxy) is 1. The number of benzene rings is 2. The van der Waals surface area contributed by atoms with Crippen LogP contribution in [0.2, 0.25) is 0 Å². The molecule has 124 valence electrons. The van der Waals surface area contributed by atoms with Crippen LogP contribution in [0.5, 0.6) is 5.75 Å². The van der Waals surface area contributed by atoms with E-state index in [9.17, 15) is 0 Å². The van der Waals surface area contributed by atoms with Crippen LogP contribution in [0, 0.1) is 0 Å². The van der Waals surface area contributed by atoms with Crippen molar-refractivity contribution < 1.29 is 4.74 Å². The van der Waals surface area contributed by atoms with Crippen LogP contribution in [0.25, 0.3) is 0 Å². The molecule has 0 amide bonds. The van der Waals surface area contributed by atoms with Crippen LogP contribution in [-0.4, -0.2) is 5.54 Å². The summed E-state index contributed by atoms with van der Waals surface area (Å²) in [4.78, 5) is 0. The number of hydrogen-bond donors (Lipinski definition) is 1. The van der Waals surface area contributed by atoms with E-state index >= 15 is 0 Å². The molecule has 0 spiro atoms. The van der Waals surface area contributed by atoms with Gasteiger partial charge < -0.3 is 10.1 Å². The molecule has 1 N–H and O–H groups in total. The highest BCUT2D eigenvalue weighted by molar-refractivity contribution is 9.11. The van der Waals surface area contributed by atoms with Crippen molar-refractivity contribution in [3.05, 3.63) is 62.5 Å². The van der Waals surface area contributed by atoms with Crippen molar-refractivity contribution >= 4 is 31.9 Å². The molecule has 0 saturated carbocycles. The predicted octanol–water partition coefficient (Wildman–Crippen LogP) is 6.07. The Morgan fingerprint density at radius 1 is 1.00 bits per heavy atom. The van der Waals surface area contributed by atoms with Crippen LogP contribution in [0.15, 0.2) is 51.4 Å². The molecular formula is C19H23Br2NO. The van der Waals surface area contributed by atoms with E-state index < -0.39 is 0 Å². The van der Waals surface area contributed by atoms with Gasteiger partial charge >= 0.3 is 0 Å². The van der Waals surface area contributed by atoms with Gasteiger partial charge in [0.15, 0.2) is 0 Å². The van der Waals surface area contributed by atoms with Gasteiger partial charge in [-0.1, -0.05) is 37.3 Å². The van der Waals surface area contributed by atoms with E-state index in [4.69, 9.17) is 4.74 Å². The van der Waals surface area contributed by atoms with Gasteiger partial charge in [0.2, 0.25) is 0 Å². The van der Waals surface area contributed by atoms with Crippen LogP contribution in [0.3, 0.4) is 0 Å². The summed E-state index contributed by atoms with van der Waals surface area (Å²) < 4.78 is 7.89. The van der Waals surface area contributed by atoms with Gasteiger partial charge in [-0.05, 0) is 75.4 Å². The molecule has 0 bridgehead atoms. The van der Waals surface area contributed by atoms with Crippen molar-refractivity contribution in [3.63, 3.8) is 0 Å². The van der Waals surface area contributed by atoms with Crippen LogP contribution in [-0.2, 0) is 13.2 Å². The highest BCUT2D eigenvalue weighted by Gasteiger charge is 2.15. The van der Waals surface area contributed by atoms with Gasteiger partial charge in [-0.15, -0.1) is 0 Å². The van der Waals surface area contributed by atoms with E-state index in [1.54, 1.807) is 0 Å². The number of rotatable bonds is 7. The second-order valence-electron chi connectivity index (χ2n) is 6.25. The summed E-state index contributed by atoms with van der Waals surface area (Å²) in [5, 5.41) is 3.57. The van der Waals surface area contributed by atoms with E-state index in [1.807, 2.05) is 18.2 Å². The summed E-state index contributed by atoms with van der Waals surface area (Å²) in [6.45, 7) is 8.01. The van der Waals surface area contributed by atoms with E-state index in [-0.39, 0.29) is 5.54 Å². The lowest BCUT2D eigenvalue weighted by Gasteiger charge is -2.25. The molecule has 4 heteroatoms. The second kappa shape index (κ2) is 8.32. The standard InChI is InChI=1S/C19H23Br2NO/c1-4-19(2,3)22-12-15-10-16(20)18(17(21)11-15)23-13-14-8-6-5-7-9-14/h5-11,22H,4,12-13H2,1-3H3. The molecule has 0 aliphatic carbocycles. The lowest BCUT2D eigenvalue weighted by Crippen LogP contribution is -2.37. The monoisotopic (exact) mass is 439 g/mol. The molecule has 2 rings (SSSR count). The minimum absolute atomic E-state index is 0.140. The Labute approximate surface area is 155 Å². The van der Waals surface area contributed by atoms with Crippen molar-refractivity contribution in [2.24, 2.45) is 0 Å². The van der Waals surface area contributed by atoms with Crippen LogP contribution < -0.4 is 10.1 Å². The molecule has 0 heterocycles. The molecule has 2 nitrogen and oxygen atoms in total. The van der Waals surface area contributed by atoms with E-state index in [0.717, 1.165) is 33.2 Å². The highest BCUT2D eigenvalue weighted by atomic mass is 79.9. The van der Waals surface area contributed by atoms with Crippen molar-refractivity contribution in [1.82, 2.24) is 5.32 Å². The fraction of sp³-hybridized carbons (Fsp3) is 0.368. The predicted molar refractivity (Wildman–Crippen MR) is 104 cm³/mol. The fourth-order valence-corrected chi connectivity index (χ4v) is 3.56. The Kier molecular flexibility index (Phi) is 6.69. The average molecular weight is 441 g/mol. The Morgan fingerprint density at radius 2 is 1.61 bits per heavy atom. The van der Waals surface area contributed by atoms with Crippen molar-refractivity contribution in [2.75, 3.05) is 0 Å². The fourth-order valence-electron chi connectivity index (χ4n) is 2.05. The lowest BCUT2D eigenvalue weighted by atomic mass is 10.0. The van der Waals surface area contributed by atoms with Crippen molar-refractivity contribution in [2.45, 2.75) is 45.9 Å². The Morgan fingerprint density at radius 3 is 2.17 bits per heavy atom. The maximum Gasteiger partial charge on any atom is 0.148 e. The SMILES string of the molecule is CCC(C)(C)NCc1cc(Br)c(OCc2ccccc2)c(Br)c1. The normalized spacial score (nSPS) is 11.5. The Hall–Kier alpha value is -0.840. The van der Waals surface area contributed by atoms with E-state index in [2.05, 4.69) is 82.2 Å². The molecular weight excluding hydrogens is 418 g/mol. The van der Waals surface area contributed by atoms with Gasteiger partial charge in [-0.2, -0.15) is 0 Å². The summed E-state index contributed by atoms with van der Waals surface area (Å²) in [5.41, 5.74) is 2.51. The Bertz CT molecular complexity index is 618. The van der Waals surface area contributed by atoms with Gasteiger partial charge in [-0.3, -0.25) is 0 Å². The summed E-state index contributed by atoms with van der Waals surface area (Å²) >= 11 is 7.25. The molecule has 2 aromatic carbocycles. The molecule has 0 aromatic heterocycles. The molecule has 2 aromatic rings. The molecule has 0 aliphatic rings. The Balaban J connectivity index is 2.05. The number of halogens is 2. The number of hydrogen-bond acceptors (Lipinski definition) is 2. The van der Waals surface area contributed by atoms with E-state index in [1.165, 1.54) is 5.56 Å². The summed E-state index contributed by atoms with van der Waals surface area (Å²) in [6.07, 6.45) is 1.09. The van der Waals surface area contributed by atoms with Crippen LogP contribution in [0.4, 0.5) is 0 Å². The molecule has 0 unspecified atom stereocenters. The third kappa shape index (κ3) is 5.63. The van der Waals surface area contributed by atoms with Crippen molar-refractivity contribution in [1.29, 1.82) is 0 Å². The largest absolute Gasteiger partial charge is 0.487 e. The first-order valence-corrected chi connectivity index (χ1v) is 9.39.